The third kappa shape index (κ3) is 4.82. The van der Waals surface area contributed by atoms with Crippen molar-refractivity contribution in [2.75, 3.05) is 18.8 Å². The molecule has 0 heterocycles. The van der Waals surface area contributed by atoms with Gasteiger partial charge in [-0.25, -0.2) is 30.7 Å². The number of nitrogens with one attached hydrogen (secondary N) is 2. The highest BCUT2D eigenvalue weighted by Gasteiger charge is 2.17. The lowest BCUT2D eigenvalue weighted by molar-refractivity contribution is 0.569. The molecule has 0 aliphatic heterocycles. The molecule has 20 heavy (non-hydrogen) atoms. The van der Waals surface area contributed by atoms with Crippen molar-refractivity contribution >= 4 is 20.0 Å². The van der Waals surface area contributed by atoms with E-state index in [2.05, 4.69) is 9.44 Å². The van der Waals surface area contributed by atoms with Gasteiger partial charge in [0.05, 0.1) is 10.6 Å². The topological polar surface area (TPSA) is 92.3 Å². The first kappa shape index (κ1) is 17.0. The van der Waals surface area contributed by atoms with E-state index in [0.29, 0.717) is 5.56 Å². The van der Waals surface area contributed by atoms with Crippen LogP contribution in [0.2, 0.25) is 0 Å². The van der Waals surface area contributed by atoms with Crippen LogP contribution < -0.4 is 9.44 Å². The molecule has 0 atom stereocenters. The Kier molecular flexibility index (Phi) is 5.63. The van der Waals surface area contributed by atoms with E-state index in [1.807, 2.05) is 0 Å². The predicted octanol–water partition coefficient (Wildman–Crippen LogP) is 0.352. The van der Waals surface area contributed by atoms with Crippen molar-refractivity contribution in [3.63, 3.8) is 0 Å². The van der Waals surface area contributed by atoms with Gasteiger partial charge in [0.2, 0.25) is 20.0 Å². The maximum absolute atomic E-state index is 13.1. The first-order valence-corrected chi connectivity index (χ1v) is 9.04. The van der Waals surface area contributed by atoms with E-state index in [9.17, 15) is 21.2 Å². The highest BCUT2D eigenvalue weighted by atomic mass is 32.2. The number of halogens is 1. The summed E-state index contributed by atoms with van der Waals surface area (Å²) in [7, 11) is -7.22. The molecule has 0 bridgehead atoms. The molecule has 0 radical (unpaired) electrons. The predicted molar refractivity (Wildman–Crippen MR) is 73.8 cm³/mol. The molecule has 0 saturated heterocycles. The second kappa shape index (κ2) is 6.61. The molecule has 9 heteroatoms. The van der Waals surface area contributed by atoms with Gasteiger partial charge in [0.1, 0.15) is 5.82 Å². The first-order chi connectivity index (χ1) is 9.18. The van der Waals surface area contributed by atoms with Gasteiger partial charge >= 0.3 is 0 Å². The molecule has 0 unspecified atom stereocenters. The van der Waals surface area contributed by atoms with Crippen molar-refractivity contribution in [1.82, 2.24) is 9.44 Å². The molecular formula is C11H17FN2O4S2. The number of benzene rings is 1. The summed E-state index contributed by atoms with van der Waals surface area (Å²) >= 11 is 0. The van der Waals surface area contributed by atoms with Crippen LogP contribution in [0, 0.1) is 12.7 Å². The van der Waals surface area contributed by atoms with E-state index in [0.717, 1.165) is 6.07 Å². The second-order valence-electron chi connectivity index (χ2n) is 4.11. The van der Waals surface area contributed by atoms with Gasteiger partial charge in [0.25, 0.3) is 0 Å². The standard InChI is InChI=1S/C11H17FN2O4S2/c1-3-19(15,16)13-6-7-14-20(17,18)11-8-10(12)5-4-9(11)2/h4-5,8,13-14H,3,6-7H2,1-2H3. The minimum atomic E-state index is -3.86. The summed E-state index contributed by atoms with van der Waals surface area (Å²) in [5.74, 6) is -0.731. The quantitative estimate of drug-likeness (QED) is 0.708. The highest BCUT2D eigenvalue weighted by molar-refractivity contribution is 7.89. The molecule has 1 rings (SSSR count). The molecule has 0 fully saturated rings. The fourth-order valence-electron chi connectivity index (χ4n) is 1.44. The van der Waals surface area contributed by atoms with Crippen molar-refractivity contribution in [2.45, 2.75) is 18.7 Å². The molecule has 0 aromatic heterocycles. The van der Waals surface area contributed by atoms with E-state index in [1.165, 1.54) is 19.1 Å². The zero-order valence-electron chi connectivity index (χ0n) is 11.2. The molecule has 1 aromatic carbocycles. The Morgan fingerprint density at radius 1 is 1.10 bits per heavy atom. The third-order valence-corrected chi connectivity index (χ3v) is 5.57. The molecule has 0 aliphatic carbocycles. The largest absolute Gasteiger partial charge is 0.240 e. The maximum Gasteiger partial charge on any atom is 0.240 e. The van der Waals surface area contributed by atoms with Gasteiger partial charge in [-0.05, 0) is 31.5 Å². The van der Waals surface area contributed by atoms with E-state index in [1.54, 1.807) is 6.92 Å². The van der Waals surface area contributed by atoms with E-state index >= 15 is 0 Å². The second-order valence-corrected chi connectivity index (χ2v) is 7.94. The zero-order valence-corrected chi connectivity index (χ0v) is 12.8. The molecule has 2 N–H and O–H groups in total. The van der Waals surface area contributed by atoms with Crippen LogP contribution >= 0.6 is 0 Å². The number of sulfonamides is 2. The Bertz CT molecular complexity index is 672. The van der Waals surface area contributed by atoms with Crippen LogP contribution in [0.25, 0.3) is 0 Å². The molecule has 6 nitrogen and oxygen atoms in total. The van der Waals surface area contributed by atoms with Gasteiger partial charge in [-0.1, -0.05) is 6.07 Å². The van der Waals surface area contributed by atoms with Crippen LogP contribution in [0.1, 0.15) is 12.5 Å². The van der Waals surface area contributed by atoms with E-state index in [-0.39, 0.29) is 23.7 Å². The molecule has 0 saturated carbocycles. The molecule has 1 aromatic rings. The summed E-state index contributed by atoms with van der Waals surface area (Å²) in [4.78, 5) is -0.157. The molecule has 0 amide bonds. The Morgan fingerprint density at radius 2 is 1.70 bits per heavy atom. The van der Waals surface area contributed by atoms with Crippen LogP contribution in [0.5, 0.6) is 0 Å². The van der Waals surface area contributed by atoms with Crippen LogP contribution in [0.4, 0.5) is 4.39 Å². The fourth-order valence-corrected chi connectivity index (χ4v) is 3.34. The van der Waals surface area contributed by atoms with Crippen molar-refractivity contribution in [1.29, 1.82) is 0 Å². The van der Waals surface area contributed by atoms with Crippen LogP contribution in [0.3, 0.4) is 0 Å². The lowest BCUT2D eigenvalue weighted by Crippen LogP contribution is -2.35. The number of hydrogen-bond acceptors (Lipinski definition) is 4. The van der Waals surface area contributed by atoms with E-state index in [4.69, 9.17) is 0 Å². The summed E-state index contributed by atoms with van der Waals surface area (Å²) in [5, 5.41) is 0. The first-order valence-electron chi connectivity index (χ1n) is 5.91. The summed E-state index contributed by atoms with van der Waals surface area (Å²) in [6.45, 7) is 2.84. The fraction of sp³-hybridized carbons (Fsp3) is 0.455. The Balaban J connectivity index is 2.70. The molecule has 114 valence electrons. The van der Waals surface area contributed by atoms with Crippen LogP contribution in [0.15, 0.2) is 23.1 Å². The van der Waals surface area contributed by atoms with Gasteiger partial charge < -0.3 is 0 Å². The van der Waals surface area contributed by atoms with E-state index < -0.39 is 25.9 Å². The summed E-state index contributed by atoms with van der Waals surface area (Å²) < 4.78 is 63.7. The molecule has 0 spiro atoms. The Hall–Kier alpha value is -1.03. The monoisotopic (exact) mass is 324 g/mol. The van der Waals surface area contributed by atoms with Gasteiger partial charge in [-0.2, -0.15) is 0 Å². The smallest absolute Gasteiger partial charge is 0.214 e. The zero-order chi connectivity index (χ0) is 15.4. The van der Waals surface area contributed by atoms with Crippen molar-refractivity contribution in [2.24, 2.45) is 0 Å². The molecule has 0 aliphatic rings. The third-order valence-electron chi connectivity index (χ3n) is 2.56. The molecular weight excluding hydrogens is 307 g/mol. The average molecular weight is 324 g/mol. The average Bonchev–Trinajstić information content (AvgIpc) is 2.37. The van der Waals surface area contributed by atoms with Gasteiger partial charge in [-0.15, -0.1) is 0 Å². The minimum absolute atomic E-state index is 0.0657. The Labute approximate surface area is 118 Å². The summed E-state index contributed by atoms with van der Waals surface area (Å²) in [6, 6.07) is 3.46. The SMILES string of the molecule is CCS(=O)(=O)NCCNS(=O)(=O)c1cc(F)ccc1C. The lowest BCUT2D eigenvalue weighted by atomic mass is 10.2. The van der Waals surface area contributed by atoms with Crippen molar-refractivity contribution in [3.8, 4) is 0 Å². The summed E-state index contributed by atoms with van der Waals surface area (Å²) in [5.41, 5.74) is 0.410. The van der Waals surface area contributed by atoms with Gasteiger partial charge in [0.15, 0.2) is 0 Å². The maximum atomic E-state index is 13.1. The van der Waals surface area contributed by atoms with Crippen LogP contribution in [-0.4, -0.2) is 35.7 Å². The van der Waals surface area contributed by atoms with Gasteiger partial charge in [0, 0.05) is 13.1 Å². The normalized spacial score (nSPS) is 12.6. The van der Waals surface area contributed by atoms with Crippen molar-refractivity contribution in [3.05, 3.63) is 29.6 Å². The Morgan fingerprint density at radius 3 is 2.30 bits per heavy atom. The number of rotatable bonds is 7. The van der Waals surface area contributed by atoms with Crippen LogP contribution in [-0.2, 0) is 20.0 Å². The minimum Gasteiger partial charge on any atom is -0.214 e. The highest BCUT2D eigenvalue weighted by Crippen LogP contribution is 2.15. The summed E-state index contributed by atoms with van der Waals surface area (Å²) in [6.07, 6.45) is 0. The number of aryl methyl sites for hydroxylation is 1. The van der Waals surface area contributed by atoms with Gasteiger partial charge in [-0.3, -0.25) is 0 Å². The van der Waals surface area contributed by atoms with Crippen molar-refractivity contribution < 1.29 is 21.2 Å². The number of hydrogen-bond donors (Lipinski definition) is 2. The lowest BCUT2D eigenvalue weighted by Gasteiger charge is -2.10.